The predicted octanol–water partition coefficient (Wildman–Crippen LogP) is 2.95. The number of fused-ring (bicyclic) bond motifs is 1. The highest BCUT2D eigenvalue weighted by atomic mass is 32.1. The summed E-state index contributed by atoms with van der Waals surface area (Å²) in [5.74, 6) is 0. The van der Waals surface area contributed by atoms with E-state index in [-0.39, 0.29) is 0 Å². The maximum absolute atomic E-state index is 5.39. The number of aromatic nitrogens is 1. The summed E-state index contributed by atoms with van der Waals surface area (Å²) in [6.45, 7) is 0.875. The highest BCUT2D eigenvalue weighted by Crippen LogP contribution is 2.24. The first-order valence-corrected chi connectivity index (χ1v) is 7.27. The number of rotatable bonds is 4. The second-order valence-corrected chi connectivity index (χ2v) is 5.94. The average Bonchev–Trinajstić information content (AvgIpc) is 3.02. The van der Waals surface area contributed by atoms with Gasteiger partial charge >= 0.3 is 0 Å². The first-order valence-electron chi connectivity index (χ1n) is 6.46. The molecule has 96 valence electrons. The zero-order chi connectivity index (χ0) is 12.4. The Hall–Kier alpha value is -0.970. The number of ether oxygens (including phenoxy) is 1. The van der Waals surface area contributed by atoms with Crippen molar-refractivity contribution in [3.63, 3.8) is 0 Å². The van der Waals surface area contributed by atoms with E-state index in [4.69, 9.17) is 4.74 Å². The highest BCUT2D eigenvalue weighted by Gasteiger charge is 2.23. The van der Waals surface area contributed by atoms with Gasteiger partial charge in [-0.25, -0.2) is 4.98 Å². The van der Waals surface area contributed by atoms with Gasteiger partial charge in [0.05, 0.1) is 16.3 Å². The van der Waals surface area contributed by atoms with E-state index in [0.717, 1.165) is 18.5 Å². The molecule has 0 bridgehead atoms. The van der Waals surface area contributed by atoms with Gasteiger partial charge in [-0.3, -0.25) is 0 Å². The van der Waals surface area contributed by atoms with Crippen LogP contribution in [0.4, 0.5) is 0 Å². The Morgan fingerprint density at radius 1 is 1.39 bits per heavy atom. The fraction of sp³-hybridized carbons (Fsp3) is 0.500. The van der Waals surface area contributed by atoms with Crippen LogP contribution in [0.3, 0.4) is 0 Å². The summed E-state index contributed by atoms with van der Waals surface area (Å²) in [7, 11) is 1.81. The third kappa shape index (κ3) is 2.55. The number of benzene rings is 1. The minimum atomic E-state index is 0.442. The molecule has 1 aromatic heterocycles. The minimum Gasteiger partial charge on any atom is -0.381 e. The van der Waals surface area contributed by atoms with Crippen molar-refractivity contribution >= 4 is 21.6 Å². The van der Waals surface area contributed by atoms with E-state index in [1.807, 2.05) is 6.07 Å². The smallest absolute Gasteiger partial charge is 0.108 e. The van der Waals surface area contributed by atoms with E-state index >= 15 is 0 Å². The zero-order valence-electron chi connectivity index (χ0n) is 10.6. The third-order valence-electron chi connectivity index (χ3n) is 3.60. The quantitative estimate of drug-likeness (QED) is 0.920. The maximum atomic E-state index is 5.39. The summed E-state index contributed by atoms with van der Waals surface area (Å²) in [5, 5.41) is 4.77. The number of para-hydroxylation sites is 1. The molecule has 1 aromatic carbocycles. The van der Waals surface area contributed by atoms with Crippen LogP contribution in [-0.4, -0.2) is 24.2 Å². The lowest BCUT2D eigenvalue weighted by atomic mass is 10.2. The van der Waals surface area contributed by atoms with Crippen LogP contribution in [0.5, 0.6) is 0 Å². The molecule has 0 aliphatic heterocycles. The van der Waals surface area contributed by atoms with Gasteiger partial charge in [-0.05, 0) is 31.4 Å². The summed E-state index contributed by atoms with van der Waals surface area (Å²) in [6.07, 6.45) is 3.96. The summed E-state index contributed by atoms with van der Waals surface area (Å²) >= 11 is 1.78. The van der Waals surface area contributed by atoms with Crippen LogP contribution in [0, 0.1) is 0 Å². The average molecular weight is 262 g/mol. The van der Waals surface area contributed by atoms with Gasteiger partial charge in [0.15, 0.2) is 0 Å². The molecule has 0 spiro atoms. The fourth-order valence-corrected chi connectivity index (χ4v) is 3.48. The molecule has 1 aliphatic carbocycles. The summed E-state index contributed by atoms with van der Waals surface area (Å²) in [5.41, 5.74) is 1.11. The fourth-order valence-electron chi connectivity index (χ4n) is 2.57. The Labute approximate surface area is 111 Å². The van der Waals surface area contributed by atoms with Gasteiger partial charge in [-0.15, -0.1) is 11.3 Å². The van der Waals surface area contributed by atoms with Crippen LogP contribution >= 0.6 is 11.3 Å². The Morgan fingerprint density at radius 3 is 3.06 bits per heavy atom. The van der Waals surface area contributed by atoms with Crippen molar-refractivity contribution in [2.45, 2.75) is 38.0 Å². The van der Waals surface area contributed by atoms with Crippen LogP contribution in [-0.2, 0) is 11.3 Å². The van der Waals surface area contributed by atoms with E-state index in [0.29, 0.717) is 12.1 Å². The predicted molar refractivity (Wildman–Crippen MR) is 74.9 cm³/mol. The minimum absolute atomic E-state index is 0.442. The second-order valence-electron chi connectivity index (χ2n) is 4.82. The van der Waals surface area contributed by atoms with Crippen molar-refractivity contribution < 1.29 is 4.74 Å². The number of nitrogens with zero attached hydrogens (tertiary/aromatic N) is 1. The van der Waals surface area contributed by atoms with E-state index in [2.05, 4.69) is 28.5 Å². The number of hydrogen-bond donors (Lipinski definition) is 1. The highest BCUT2D eigenvalue weighted by molar-refractivity contribution is 7.18. The molecule has 18 heavy (non-hydrogen) atoms. The molecule has 2 aromatic rings. The number of methoxy groups -OCH3 is 1. The molecule has 3 rings (SSSR count). The molecule has 1 heterocycles. The van der Waals surface area contributed by atoms with Crippen LogP contribution in [0.1, 0.15) is 24.3 Å². The molecule has 1 fully saturated rings. The lowest BCUT2D eigenvalue weighted by Crippen LogP contribution is -2.26. The normalized spacial score (nSPS) is 23.8. The van der Waals surface area contributed by atoms with Gasteiger partial charge in [-0.1, -0.05) is 12.1 Å². The molecule has 4 heteroatoms. The summed E-state index contributed by atoms with van der Waals surface area (Å²) in [4.78, 5) is 4.64. The Balaban J connectivity index is 1.60. The van der Waals surface area contributed by atoms with Crippen LogP contribution in [0.15, 0.2) is 24.3 Å². The molecule has 0 saturated heterocycles. The van der Waals surface area contributed by atoms with Gasteiger partial charge in [0.1, 0.15) is 5.01 Å². The maximum Gasteiger partial charge on any atom is 0.108 e. The number of hydrogen-bond acceptors (Lipinski definition) is 4. The van der Waals surface area contributed by atoms with Gasteiger partial charge in [0.25, 0.3) is 0 Å². The van der Waals surface area contributed by atoms with Crippen molar-refractivity contribution in [2.75, 3.05) is 7.11 Å². The molecule has 2 atom stereocenters. The number of nitrogens with one attached hydrogen (secondary N) is 1. The van der Waals surface area contributed by atoms with E-state index in [1.165, 1.54) is 22.5 Å². The standard InChI is InChI=1S/C14H18N2OS/c1-17-11-7-6-10(8-11)15-9-14-16-12-4-2-3-5-13(12)18-14/h2-5,10-11,15H,6-9H2,1H3. The van der Waals surface area contributed by atoms with Crippen molar-refractivity contribution in [3.8, 4) is 0 Å². The van der Waals surface area contributed by atoms with Gasteiger partial charge < -0.3 is 10.1 Å². The summed E-state index contributed by atoms with van der Waals surface area (Å²) < 4.78 is 6.66. The lowest BCUT2D eigenvalue weighted by molar-refractivity contribution is 0.107. The van der Waals surface area contributed by atoms with Gasteiger partial charge in [0, 0.05) is 19.7 Å². The Bertz CT molecular complexity index is 492. The first-order chi connectivity index (χ1) is 8.85. The molecule has 1 N–H and O–H groups in total. The van der Waals surface area contributed by atoms with Gasteiger partial charge in [0.2, 0.25) is 0 Å². The lowest BCUT2D eigenvalue weighted by Gasteiger charge is -2.11. The molecule has 1 aliphatic rings. The summed E-state index contributed by atoms with van der Waals surface area (Å²) in [6, 6.07) is 8.90. The monoisotopic (exact) mass is 262 g/mol. The Morgan fingerprint density at radius 2 is 2.28 bits per heavy atom. The van der Waals surface area contributed by atoms with E-state index < -0.39 is 0 Å². The first kappa shape index (κ1) is 12.1. The molecular weight excluding hydrogens is 244 g/mol. The third-order valence-corrected chi connectivity index (χ3v) is 4.63. The molecule has 0 amide bonds. The Kier molecular flexibility index (Phi) is 3.59. The zero-order valence-corrected chi connectivity index (χ0v) is 11.4. The van der Waals surface area contributed by atoms with E-state index in [1.54, 1.807) is 18.4 Å². The largest absolute Gasteiger partial charge is 0.381 e. The molecular formula is C14H18N2OS. The van der Waals surface area contributed by atoms with Gasteiger partial charge in [-0.2, -0.15) is 0 Å². The van der Waals surface area contributed by atoms with Crippen molar-refractivity contribution in [1.82, 2.24) is 10.3 Å². The topological polar surface area (TPSA) is 34.1 Å². The van der Waals surface area contributed by atoms with Crippen LogP contribution in [0.25, 0.3) is 10.2 Å². The molecule has 1 saturated carbocycles. The van der Waals surface area contributed by atoms with Crippen molar-refractivity contribution in [3.05, 3.63) is 29.3 Å². The van der Waals surface area contributed by atoms with Crippen molar-refractivity contribution in [2.24, 2.45) is 0 Å². The number of thiazole rings is 1. The molecule has 3 nitrogen and oxygen atoms in total. The van der Waals surface area contributed by atoms with Crippen LogP contribution in [0.2, 0.25) is 0 Å². The molecule has 2 unspecified atom stereocenters. The SMILES string of the molecule is COC1CCC(NCc2nc3ccccc3s2)C1. The van der Waals surface area contributed by atoms with E-state index in [9.17, 15) is 0 Å². The van der Waals surface area contributed by atoms with Crippen molar-refractivity contribution in [1.29, 1.82) is 0 Å². The second kappa shape index (κ2) is 5.34. The molecule has 0 radical (unpaired) electrons. The van der Waals surface area contributed by atoms with Crippen LogP contribution < -0.4 is 5.32 Å².